The molecule has 6 heteroatoms. The number of benzene rings is 1. The molecule has 3 aromatic rings. The Morgan fingerprint density at radius 1 is 1.10 bits per heavy atom. The topological polar surface area (TPSA) is 48.5 Å². The summed E-state index contributed by atoms with van der Waals surface area (Å²) in [6.07, 6.45) is 2.08. The highest BCUT2D eigenvalue weighted by molar-refractivity contribution is 7.17. The zero-order valence-corrected chi connectivity index (χ0v) is 18.7. The third kappa shape index (κ3) is 4.50. The van der Waals surface area contributed by atoms with Crippen LogP contribution in [-0.2, 0) is 0 Å². The summed E-state index contributed by atoms with van der Waals surface area (Å²) in [4.78, 5) is 22.3. The second-order valence-corrected chi connectivity index (χ2v) is 8.69. The van der Waals surface area contributed by atoms with E-state index < -0.39 is 0 Å². The molecule has 2 aromatic heterocycles. The second-order valence-electron chi connectivity index (χ2n) is 7.78. The molecule has 1 N–H and O–H groups in total. The Bertz CT molecular complexity index is 990. The molecular formula is C24H30N4OS. The van der Waals surface area contributed by atoms with Crippen LogP contribution in [0.3, 0.4) is 0 Å². The Morgan fingerprint density at radius 2 is 1.87 bits per heavy atom. The number of nitrogens with one attached hydrogen (secondary N) is 1. The monoisotopic (exact) mass is 422 g/mol. The van der Waals surface area contributed by atoms with E-state index in [1.165, 1.54) is 10.1 Å². The smallest absolute Gasteiger partial charge is 0.251 e. The number of hydrogen-bond acceptors (Lipinski definition) is 5. The summed E-state index contributed by atoms with van der Waals surface area (Å²) in [5.74, 6) is 1.08. The molecule has 1 aliphatic heterocycles. The van der Waals surface area contributed by atoms with E-state index in [1.807, 2.05) is 24.3 Å². The van der Waals surface area contributed by atoms with Crippen molar-refractivity contribution in [3.05, 3.63) is 47.3 Å². The molecule has 0 radical (unpaired) electrons. The maximum Gasteiger partial charge on any atom is 0.251 e. The molecule has 0 unspecified atom stereocenters. The number of fused-ring (bicyclic) bond motifs is 1. The predicted octanol–water partition coefficient (Wildman–Crippen LogP) is 4.64. The van der Waals surface area contributed by atoms with Crippen LogP contribution in [0.2, 0.25) is 0 Å². The van der Waals surface area contributed by atoms with Crippen molar-refractivity contribution in [3.8, 4) is 11.3 Å². The van der Waals surface area contributed by atoms with Crippen molar-refractivity contribution in [2.24, 2.45) is 0 Å². The number of unbranched alkanes of at least 4 members (excludes halogenated alkanes) is 1. The molecule has 1 aromatic carbocycles. The summed E-state index contributed by atoms with van der Waals surface area (Å²) >= 11 is 1.76. The van der Waals surface area contributed by atoms with Gasteiger partial charge in [0.05, 0.1) is 10.4 Å². The average molecular weight is 423 g/mol. The lowest BCUT2D eigenvalue weighted by Gasteiger charge is -2.35. The lowest BCUT2D eigenvalue weighted by molar-refractivity contribution is 0.0953. The van der Waals surface area contributed by atoms with Gasteiger partial charge in [-0.2, -0.15) is 0 Å². The van der Waals surface area contributed by atoms with E-state index in [-0.39, 0.29) is 5.91 Å². The number of piperazine rings is 1. The SMILES string of the molecule is CCCCNC(=O)c1ccc(-c2cc3ccsc3c(N3CCN(CC)CC3)n2)cc1. The molecule has 0 saturated carbocycles. The maximum absolute atomic E-state index is 12.3. The third-order valence-corrected chi connectivity index (χ3v) is 6.72. The van der Waals surface area contributed by atoms with Gasteiger partial charge in [0, 0.05) is 43.9 Å². The Balaban J connectivity index is 1.58. The van der Waals surface area contributed by atoms with Gasteiger partial charge in [-0.25, -0.2) is 4.98 Å². The minimum absolute atomic E-state index is 0.00858. The van der Waals surface area contributed by atoms with Crippen LogP contribution >= 0.6 is 11.3 Å². The number of likely N-dealkylation sites (N-methyl/N-ethyl adjacent to an activating group) is 1. The number of thiophene rings is 1. The summed E-state index contributed by atoms with van der Waals surface area (Å²) in [6.45, 7) is 10.3. The molecule has 1 aliphatic rings. The van der Waals surface area contributed by atoms with Gasteiger partial charge >= 0.3 is 0 Å². The summed E-state index contributed by atoms with van der Waals surface area (Å²) in [5.41, 5.74) is 2.70. The summed E-state index contributed by atoms with van der Waals surface area (Å²) in [6, 6.07) is 12.1. The van der Waals surface area contributed by atoms with E-state index in [0.717, 1.165) is 69.2 Å². The van der Waals surface area contributed by atoms with Gasteiger partial charge in [0.2, 0.25) is 0 Å². The molecule has 0 atom stereocenters. The predicted molar refractivity (Wildman–Crippen MR) is 127 cm³/mol. The molecule has 5 nitrogen and oxygen atoms in total. The highest BCUT2D eigenvalue weighted by atomic mass is 32.1. The van der Waals surface area contributed by atoms with Crippen LogP contribution in [0, 0.1) is 0 Å². The number of carbonyl (C=O) groups excluding carboxylic acids is 1. The van der Waals surface area contributed by atoms with Crippen LogP contribution in [0.1, 0.15) is 37.0 Å². The minimum atomic E-state index is -0.00858. The Hall–Kier alpha value is -2.44. The van der Waals surface area contributed by atoms with E-state index in [4.69, 9.17) is 4.98 Å². The number of aromatic nitrogens is 1. The minimum Gasteiger partial charge on any atom is -0.353 e. The van der Waals surface area contributed by atoms with Crippen molar-refractivity contribution in [1.29, 1.82) is 0 Å². The summed E-state index contributed by atoms with van der Waals surface area (Å²) in [7, 11) is 0. The first kappa shape index (κ1) is 20.8. The molecule has 0 aliphatic carbocycles. The second kappa shape index (κ2) is 9.58. The van der Waals surface area contributed by atoms with Crippen LogP contribution in [-0.4, -0.2) is 55.1 Å². The lowest BCUT2D eigenvalue weighted by atomic mass is 10.1. The van der Waals surface area contributed by atoms with E-state index >= 15 is 0 Å². The number of nitrogens with zero attached hydrogens (tertiary/aromatic N) is 3. The van der Waals surface area contributed by atoms with Crippen molar-refractivity contribution >= 4 is 33.1 Å². The Labute approximate surface area is 182 Å². The highest BCUT2D eigenvalue weighted by Gasteiger charge is 2.20. The van der Waals surface area contributed by atoms with Gasteiger partial charge in [-0.15, -0.1) is 11.3 Å². The van der Waals surface area contributed by atoms with Gasteiger partial charge in [0.15, 0.2) is 0 Å². The van der Waals surface area contributed by atoms with Crippen LogP contribution in [0.5, 0.6) is 0 Å². The van der Waals surface area contributed by atoms with E-state index in [2.05, 4.69) is 46.5 Å². The standard InChI is InChI=1S/C24H30N4OS/c1-3-5-11-25-24(29)19-8-6-18(7-9-19)21-17-20-10-16-30-22(20)23(26-21)28-14-12-27(4-2)13-15-28/h6-10,16-17H,3-5,11-15H2,1-2H3,(H,25,29). The number of rotatable bonds is 7. The molecular weight excluding hydrogens is 392 g/mol. The van der Waals surface area contributed by atoms with E-state index in [9.17, 15) is 4.79 Å². The van der Waals surface area contributed by atoms with Crippen LogP contribution in [0.4, 0.5) is 5.82 Å². The zero-order chi connectivity index (χ0) is 20.9. The van der Waals surface area contributed by atoms with Gasteiger partial charge in [-0.05, 0) is 48.0 Å². The van der Waals surface area contributed by atoms with E-state index in [1.54, 1.807) is 11.3 Å². The molecule has 0 bridgehead atoms. The third-order valence-electron chi connectivity index (χ3n) is 5.80. The fourth-order valence-corrected chi connectivity index (χ4v) is 4.76. The zero-order valence-electron chi connectivity index (χ0n) is 17.9. The lowest BCUT2D eigenvalue weighted by Crippen LogP contribution is -2.46. The number of amides is 1. The van der Waals surface area contributed by atoms with Gasteiger partial charge in [0.25, 0.3) is 5.91 Å². The molecule has 1 saturated heterocycles. The van der Waals surface area contributed by atoms with Gasteiger partial charge in [-0.1, -0.05) is 32.4 Å². The molecule has 0 spiro atoms. The average Bonchev–Trinajstić information content (AvgIpc) is 3.27. The fraction of sp³-hybridized carbons (Fsp3) is 0.417. The molecule has 1 amide bonds. The Morgan fingerprint density at radius 3 is 2.57 bits per heavy atom. The molecule has 158 valence electrons. The van der Waals surface area contributed by atoms with E-state index in [0.29, 0.717) is 5.56 Å². The maximum atomic E-state index is 12.3. The largest absolute Gasteiger partial charge is 0.353 e. The van der Waals surface area contributed by atoms with Crippen LogP contribution in [0.25, 0.3) is 21.3 Å². The summed E-state index contributed by atoms with van der Waals surface area (Å²) in [5, 5.41) is 6.36. The van der Waals surface area contributed by atoms with Gasteiger partial charge in [-0.3, -0.25) is 4.79 Å². The van der Waals surface area contributed by atoms with Crippen molar-refractivity contribution in [2.75, 3.05) is 44.2 Å². The van der Waals surface area contributed by atoms with Crippen molar-refractivity contribution in [1.82, 2.24) is 15.2 Å². The molecule has 4 rings (SSSR count). The van der Waals surface area contributed by atoms with Crippen LogP contribution in [0.15, 0.2) is 41.8 Å². The van der Waals surface area contributed by atoms with Gasteiger partial charge < -0.3 is 15.1 Å². The first-order chi connectivity index (χ1) is 14.7. The molecule has 1 fully saturated rings. The highest BCUT2D eigenvalue weighted by Crippen LogP contribution is 2.34. The fourth-order valence-electron chi connectivity index (χ4n) is 3.87. The molecule has 3 heterocycles. The van der Waals surface area contributed by atoms with Crippen molar-refractivity contribution in [3.63, 3.8) is 0 Å². The summed E-state index contributed by atoms with van der Waals surface area (Å²) < 4.78 is 1.26. The molecule has 30 heavy (non-hydrogen) atoms. The van der Waals surface area contributed by atoms with Crippen molar-refractivity contribution < 1.29 is 4.79 Å². The normalized spacial score (nSPS) is 14.9. The first-order valence-corrected chi connectivity index (χ1v) is 11.8. The first-order valence-electron chi connectivity index (χ1n) is 10.9. The van der Waals surface area contributed by atoms with Crippen molar-refractivity contribution in [2.45, 2.75) is 26.7 Å². The Kier molecular flexibility index (Phi) is 6.65. The number of pyridine rings is 1. The quantitative estimate of drug-likeness (QED) is 0.564. The number of hydrogen-bond donors (Lipinski definition) is 1. The number of carbonyl (C=O) groups is 1. The van der Waals surface area contributed by atoms with Gasteiger partial charge in [0.1, 0.15) is 5.82 Å². The number of anilines is 1. The van der Waals surface area contributed by atoms with Crippen LogP contribution < -0.4 is 10.2 Å².